The Morgan fingerprint density at radius 1 is 0.727 bits per heavy atom. The highest BCUT2D eigenvalue weighted by molar-refractivity contribution is 7.89. The van der Waals surface area contributed by atoms with Crippen molar-refractivity contribution < 1.29 is 35.8 Å². The summed E-state index contributed by atoms with van der Waals surface area (Å²) in [4.78, 5) is 3.32. The number of hydrogen-bond acceptors (Lipinski definition) is 10. The van der Waals surface area contributed by atoms with Crippen LogP contribution in [0.2, 0.25) is 0 Å². The molecule has 0 aliphatic rings. The Labute approximate surface area is 313 Å². The third kappa shape index (κ3) is 7.56. The molecule has 0 spiro atoms. The topological polar surface area (TPSA) is 139 Å². The molecule has 0 radical (unpaired) electrons. The molecule has 0 unspecified atom stereocenters. The number of alkyl halides is 3. The van der Waals surface area contributed by atoms with E-state index in [4.69, 9.17) is 14.2 Å². The highest BCUT2D eigenvalue weighted by atomic mass is 32.2. The summed E-state index contributed by atoms with van der Waals surface area (Å²) in [6.07, 6.45) is -2.22. The molecule has 7 aromatic rings. The zero-order valence-corrected chi connectivity index (χ0v) is 30.5. The van der Waals surface area contributed by atoms with Gasteiger partial charge in [0.05, 0.1) is 33.4 Å². The summed E-state index contributed by atoms with van der Waals surface area (Å²) in [5, 5.41) is 16.3. The van der Waals surface area contributed by atoms with Crippen LogP contribution >= 0.6 is 0 Å². The zero-order chi connectivity index (χ0) is 38.7. The summed E-state index contributed by atoms with van der Waals surface area (Å²) in [6, 6.07) is 25.3. The molecule has 7 rings (SSSR count). The molecule has 0 fully saturated rings. The van der Waals surface area contributed by atoms with E-state index in [1.54, 1.807) is 91.1 Å². The fourth-order valence-corrected chi connectivity index (χ4v) is 8.01. The van der Waals surface area contributed by atoms with Gasteiger partial charge in [0.1, 0.15) is 28.5 Å². The molecule has 3 aromatic heterocycles. The Balaban J connectivity index is 1.50. The van der Waals surface area contributed by atoms with Crippen LogP contribution in [0.25, 0.3) is 28.2 Å². The van der Waals surface area contributed by atoms with Gasteiger partial charge in [-0.3, -0.25) is 0 Å². The van der Waals surface area contributed by atoms with Crippen molar-refractivity contribution in [2.24, 2.45) is 0 Å². The first kappa shape index (κ1) is 37.0. The molecule has 0 bridgehead atoms. The highest BCUT2D eigenvalue weighted by Crippen LogP contribution is 2.46. The van der Waals surface area contributed by atoms with Crippen LogP contribution < -0.4 is 14.2 Å². The molecule has 0 N–H and O–H groups in total. The number of aromatic nitrogens is 7. The van der Waals surface area contributed by atoms with Gasteiger partial charge in [0, 0.05) is 30.4 Å². The number of methoxy groups -OCH3 is 3. The Bertz CT molecular complexity index is 2490. The highest BCUT2D eigenvalue weighted by Gasteiger charge is 2.43. The van der Waals surface area contributed by atoms with Crippen molar-refractivity contribution in [1.82, 2.24) is 39.1 Å². The number of ether oxygens (including phenoxy) is 3. The van der Waals surface area contributed by atoms with E-state index in [1.807, 2.05) is 0 Å². The predicted octanol–water partition coefficient (Wildman–Crippen LogP) is 6.53. The third-order valence-electron chi connectivity index (χ3n) is 8.94. The van der Waals surface area contributed by atoms with E-state index in [2.05, 4.69) is 25.6 Å². The number of halogens is 3. The molecule has 0 aliphatic carbocycles. The number of benzene rings is 4. The SMILES string of the molecule is COc1ccc(CN(Cc2ccc(OC)cc2)S(=O)(=O)c2c(C(F)(F)F)ccc(-c3cccn4ncnc34)c2-c2nnnn2Cc2ccc(OC)cc2)cc1. The van der Waals surface area contributed by atoms with Gasteiger partial charge in [-0.05, 0) is 87.3 Å². The maximum absolute atomic E-state index is 15.4. The third-order valence-corrected chi connectivity index (χ3v) is 10.8. The Morgan fingerprint density at radius 3 is 1.84 bits per heavy atom. The van der Waals surface area contributed by atoms with Gasteiger partial charge >= 0.3 is 6.18 Å². The molecule has 17 heteroatoms. The summed E-state index contributed by atoms with van der Waals surface area (Å²) in [5.41, 5.74) is 0.582. The molecule has 282 valence electrons. The number of nitrogens with zero attached hydrogens (tertiary/aromatic N) is 8. The quantitative estimate of drug-likeness (QED) is 0.127. The minimum Gasteiger partial charge on any atom is -0.497 e. The van der Waals surface area contributed by atoms with E-state index in [0.717, 1.165) is 10.4 Å². The minimum absolute atomic E-state index is 0.0158. The number of tetrazole rings is 1. The molecule has 0 saturated carbocycles. The second-order valence-electron chi connectivity index (χ2n) is 12.3. The van der Waals surface area contributed by atoms with Crippen LogP contribution in [-0.2, 0) is 35.8 Å². The van der Waals surface area contributed by atoms with E-state index < -0.39 is 26.7 Å². The molecule has 4 aromatic carbocycles. The molecule has 3 heterocycles. The molecule has 13 nitrogen and oxygen atoms in total. The molecule has 0 amide bonds. The predicted molar refractivity (Wildman–Crippen MR) is 195 cm³/mol. The van der Waals surface area contributed by atoms with Crippen LogP contribution in [0, 0.1) is 0 Å². The van der Waals surface area contributed by atoms with Crippen molar-refractivity contribution in [3.63, 3.8) is 0 Å². The lowest BCUT2D eigenvalue weighted by atomic mass is 9.97. The van der Waals surface area contributed by atoms with Gasteiger partial charge < -0.3 is 14.2 Å². The van der Waals surface area contributed by atoms with Gasteiger partial charge in [-0.2, -0.15) is 22.6 Å². The summed E-state index contributed by atoms with van der Waals surface area (Å²) in [7, 11) is -0.582. The smallest absolute Gasteiger partial charge is 0.417 e. The van der Waals surface area contributed by atoms with E-state index in [-0.39, 0.29) is 42.2 Å². The van der Waals surface area contributed by atoms with Crippen LogP contribution in [0.1, 0.15) is 22.3 Å². The standard InChI is InChI=1S/C38H33F3N8O5S/c1-52-28-12-6-25(7-13-28)21-47(22-26-8-14-29(53-2)15-9-26)55(50,51)35-33(38(39,40)41)19-18-31(32-5-4-20-48-36(32)42-24-43-48)34(35)37-44-45-46-49(37)23-27-10-16-30(54-3)17-11-27/h4-20,24H,21-23H2,1-3H3. The van der Waals surface area contributed by atoms with Gasteiger partial charge in [-0.1, -0.05) is 42.5 Å². The minimum atomic E-state index is -5.13. The maximum atomic E-state index is 15.4. The monoisotopic (exact) mass is 770 g/mol. The lowest BCUT2D eigenvalue weighted by Gasteiger charge is -2.27. The van der Waals surface area contributed by atoms with Crippen molar-refractivity contribution in [3.8, 4) is 39.8 Å². The van der Waals surface area contributed by atoms with Crippen LogP contribution in [0.3, 0.4) is 0 Å². The maximum Gasteiger partial charge on any atom is 0.417 e. The Kier molecular flexibility index (Phi) is 10.2. The molecular weight excluding hydrogens is 738 g/mol. The Hall–Kier alpha value is -6.33. The molecular formula is C38H33F3N8O5S. The lowest BCUT2D eigenvalue weighted by Crippen LogP contribution is -2.32. The first-order chi connectivity index (χ1) is 26.5. The number of fused-ring (bicyclic) bond motifs is 1. The van der Waals surface area contributed by atoms with Crippen molar-refractivity contribution >= 4 is 15.7 Å². The summed E-state index contributed by atoms with van der Waals surface area (Å²) < 4.78 is 96.2. The van der Waals surface area contributed by atoms with Gasteiger partial charge in [-0.25, -0.2) is 22.6 Å². The zero-order valence-electron chi connectivity index (χ0n) is 29.7. The van der Waals surface area contributed by atoms with Gasteiger partial charge in [0.25, 0.3) is 0 Å². The van der Waals surface area contributed by atoms with Crippen LogP contribution in [0.15, 0.2) is 114 Å². The van der Waals surface area contributed by atoms with Crippen LogP contribution in [0.4, 0.5) is 13.2 Å². The molecule has 0 aliphatic heterocycles. The molecule has 0 atom stereocenters. The van der Waals surface area contributed by atoms with Gasteiger partial charge in [0.2, 0.25) is 10.0 Å². The van der Waals surface area contributed by atoms with Crippen molar-refractivity contribution in [2.75, 3.05) is 21.3 Å². The average molecular weight is 771 g/mol. The number of hydrogen-bond donors (Lipinski definition) is 0. The number of sulfonamides is 1. The second kappa shape index (κ2) is 15.2. The van der Waals surface area contributed by atoms with Crippen molar-refractivity contribution in [3.05, 3.63) is 132 Å². The van der Waals surface area contributed by atoms with Crippen LogP contribution in [-0.4, -0.2) is 68.9 Å². The normalized spacial score (nSPS) is 12.0. The van der Waals surface area contributed by atoms with Gasteiger partial charge in [0.15, 0.2) is 11.5 Å². The van der Waals surface area contributed by atoms with Crippen molar-refractivity contribution in [2.45, 2.75) is 30.7 Å². The molecule has 0 saturated heterocycles. The summed E-state index contributed by atoms with van der Waals surface area (Å²) in [5.74, 6) is 1.42. The number of rotatable bonds is 13. The first-order valence-electron chi connectivity index (χ1n) is 16.7. The first-order valence-corrected chi connectivity index (χ1v) is 18.1. The summed E-state index contributed by atoms with van der Waals surface area (Å²) in [6.45, 7) is -0.607. The fourth-order valence-electron chi connectivity index (χ4n) is 6.20. The Morgan fingerprint density at radius 2 is 1.29 bits per heavy atom. The van der Waals surface area contributed by atoms with E-state index in [0.29, 0.717) is 39.5 Å². The van der Waals surface area contributed by atoms with Crippen molar-refractivity contribution in [1.29, 1.82) is 0 Å². The van der Waals surface area contributed by atoms with Gasteiger partial charge in [-0.15, -0.1) is 5.10 Å². The largest absolute Gasteiger partial charge is 0.497 e. The lowest BCUT2D eigenvalue weighted by molar-refractivity contribution is -0.139. The fraction of sp³-hybridized carbons (Fsp3) is 0.184. The second-order valence-corrected chi connectivity index (χ2v) is 14.2. The van der Waals surface area contributed by atoms with Crippen LogP contribution in [0.5, 0.6) is 17.2 Å². The molecule has 55 heavy (non-hydrogen) atoms. The van der Waals surface area contributed by atoms with E-state index in [9.17, 15) is 0 Å². The average Bonchev–Trinajstić information content (AvgIpc) is 3.87. The van der Waals surface area contributed by atoms with E-state index >= 15 is 21.6 Å². The summed E-state index contributed by atoms with van der Waals surface area (Å²) >= 11 is 0. The number of pyridine rings is 1. The van der Waals surface area contributed by atoms with E-state index in [1.165, 1.54) is 42.9 Å².